The number of halogens is 3. The standard InChI is InChI=1S/C14H9F3O3S/c15-9-5-6-14(12(17)7-9)21(19,20)8-13(18)10-3-1-2-4-11(10)16/h1-7H,8H2. The molecule has 2 rings (SSSR count). The fourth-order valence-corrected chi connectivity index (χ4v) is 3.03. The minimum atomic E-state index is -4.33. The lowest BCUT2D eigenvalue weighted by atomic mass is 10.1. The van der Waals surface area contributed by atoms with Gasteiger partial charge in [-0.3, -0.25) is 4.79 Å². The van der Waals surface area contributed by atoms with Crippen LogP contribution in [-0.2, 0) is 9.84 Å². The predicted octanol–water partition coefficient (Wildman–Crippen LogP) is 2.76. The van der Waals surface area contributed by atoms with Gasteiger partial charge in [0.05, 0.1) is 5.56 Å². The summed E-state index contributed by atoms with van der Waals surface area (Å²) in [4.78, 5) is 11.0. The van der Waals surface area contributed by atoms with Crippen molar-refractivity contribution in [2.45, 2.75) is 4.90 Å². The Morgan fingerprint density at radius 3 is 2.24 bits per heavy atom. The van der Waals surface area contributed by atoms with E-state index in [0.29, 0.717) is 6.07 Å². The zero-order chi connectivity index (χ0) is 15.6. The van der Waals surface area contributed by atoms with Crippen molar-refractivity contribution < 1.29 is 26.4 Å². The molecule has 110 valence electrons. The normalized spacial score (nSPS) is 11.4. The molecule has 0 aromatic heterocycles. The van der Waals surface area contributed by atoms with Crippen LogP contribution in [0.15, 0.2) is 47.4 Å². The van der Waals surface area contributed by atoms with Crippen LogP contribution >= 0.6 is 0 Å². The highest BCUT2D eigenvalue weighted by Gasteiger charge is 2.25. The van der Waals surface area contributed by atoms with Crippen LogP contribution in [0.25, 0.3) is 0 Å². The van der Waals surface area contributed by atoms with Gasteiger partial charge in [0.15, 0.2) is 15.6 Å². The summed E-state index contributed by atoms with van der Waals surface area (Å²) < 4.78 is 63.6. The van der Waals surface area contributed by atoms with Crippen molar-refractivity contribution in [3.8, 4) is 0 Å². The van der Waals surface area contributed by atoms with Gasteiger partial charge in [0.25, 0.3) is 0 Å². The van der Waals surface area contributed by atoms with Crippen molar-refractivity contribution in [1.29, 1.82) is 0 Å². The van der Waals surface area contributed by atoms with Gasteiger partial charge in [-0.05, 0) is 24.3 Å². The number of carbonyl (C=O) groups excluding carboxylic acids is 1. The highest BCUT2D eigenvalue weighted by Crippen LogP contribution is 2.19. The maximum Gasteiger partial charge on any atom is 0.188 e. The van der Waals surface area contributed by atoms with E-state index in [9.17, 15) is 26.4 Å². The first-order valence-electron chi connectivity index (χ1n) is 5.77. The third kappa shape index (κ3) is 3.30. The molecule has 0 atom stereocenters. The smallest absolute Gasteiger partial charge is 0.188 e. The number of hydrogen-bond donors (Lipinski definition) is 0. The lowest BCUT2D eigenvalue weighted by molar-refractivity contribution is 0.101. The van der Waals surface area contributed by atoms with Gasteiger partial charge in [0.2, 0.25) is 0 Å². The van der Waals surface area contributed by atoms with Crippen molar-refractivity contribution in [3.05, 3.63) is 65.5 Å². The Balaban J connectivity index is 2.34. The molecule has 0 aliphatic heterocycles. The highest BCUT2D eigenvalue weighted by atomic mass is 32.2. The molecule has 2 aromatic carbocycles. The Bertz CT molecular complexity index is 801. The molecule has 0 amide bonds. The summed E-state index contributed by atoms with van der Waals surface area (Å²) in [6, 6.07) is 6.77. The highest BCUT2D eigenvalue weighted by molar-refractivity contribution is 7.92. The van der Waals surface area contributed by atoms with E-state index >= 15 is 0 Å². The maximum atomic E-state index is 13.5. The SMILES string of the molecule is O=C(CS(=O)(=O)c1ccc(F)cc1F)c1ccccc1F. The molecule has 0 bridgehead atoms. The molecule has 3 nitrogen and oxygen atoms in total. The average Bonchev–Trinajstić information content (AvgIpc) is 2.37. The number of benzene rings is 2. The topological polar surface area (TPSA) is 51.2 Å². The molecule has 21 heavy (non-hydrogen) atoms. The third-order valence-corrected chi connectivity index (χ3v) is 4.37. The molecule has 0 aliphatic carbocycles. The Kier molecular flexibility index (Phi) is 4.13. The molecule has 0 saturated heterocycles. The number of rotatable bonds is 4. The van der Waals surface area contributed by atoms with Crippen molar-refractivity contribution in [2.75, 3.05) is 5.75 Å². The van der Waals surface area contributed by atoms with E-state index in [1.807, 2.05) is 0 Å². The van der Waals surface area contributed by atoms with Crippen molar-refractivity contribution in [1.82, 2.24) is 0 Å². The summed E-state index contributed by atoms with van der Waals surface area (Å²) in [7, 11) is -4.33. The van der Waals surface area contributed by atoms with Gasteiger partial charge in [-0.2, -0.15) is 0 Å². The van der Waals surface area contributed by atoms with Gasteiger partial charge < -0.3 is 0 Å². The fourth-order valence-electron chi connectivity index (χ4n) is 1.74. The lowest BCUT2D eigenvalue weighted by Crippen LogP contribution is -2.18. The van der Waals surface area contributed by atoms with Gasteiger partial charge in [-0.1, -0.05) is 12.1 Å². The quantitative estimate of drug-likeness (QED) is 0.644. The molecule has 0 spiro atoms. The largest absolute Gasteiger partial charge is 0.293 e. The zero-order valence-corrected chi connectivity index (χ0v) is 11.3. The van der Waals surface area contributed by atoms with Crippen molar-refractivity contribution >= 4 is 15.6 Å². The van der Waals surface area contributed by atoms with Crippen LogP contribution in [-0.4, -0.2) is 20.0 Å². The van der Waals surface area contributed by atoms with Gasteiger partial charge in [-0.15, -0.1) is 0 Å². The van der Waals surface area contributed by atoms with Crippen molar-refractivity contribution in [2.24, 2.45) is 0 Å². The third-order valence-electron chi connectivity index (χ3n) is 2.72. The van der Waals surface area contributed by atoms with Crippen molar-refractivity contribution in [3.63, 3.8) is 0 Å². The van der Waals surface area contributed by atoms with Gasteiger partial charge in [0.1, 0.15) is 28.1 Å². The molecule has 7 heteroatoms. The van der Waals surface area contributed by atoms with Crippen LogP contribution in [0.1, 0.15) is 10.4 Å². The number of sulfone groups is 1. The first kappa shape index (κ1) is 15.2. The minimum absolute atomic E-state index is 0.399. The molecule has 0 N–H and O–H groups in total. The summed E-state index contributed by atoms with van der Waals surface area (Å²) >= 11 is 0. The van der Waals surface area contributed by atoms with Gasteiger partial charge >= 0.3 is 0 Å². The number of hydrogen-bond acceptors (Lipinski definition) is 3. The molecule has 0 saturated carbocycles. The Morgan fingerprint density at radius 1 is 0.952 bits per heavy atom. The van der Waals surface area contributed by atoms with E-state index in [1.165, 1.54) is 12.1 Å². The van der Waals surface area contributed by atoms with Gasteiger partial charge in [0, 0.05) is 6.07 Å². The summed E-state index contributed by atoms with van der Waals surface area (Å²) in [6.07, 6.45) is 0. The zero-order valence-electron chi connectivity index (χ0n) is 10.5. The second kappa shape index (κ2) is 5.69. The second-order valence-corrected chi connectivity index (χ2v) is 6.19. The van der Waals surface area contributed by atoms with E-state index in [1.54, 1.807) is 0 Å². The molecular formula is C14H9F3O3S. The first-order valence-corrected chi connectivity index (χ1v) is 7.42. The summed E-state index contributed by atoms with van der Waals surface area (Å²) in [5, 5.41) is 0. The predicted molar refractivity (Wildman–Crippen MR) is 69.1 cm³/mol. The van der Waals surface area contributed by atoms with Crippen LogP contribution in [0.5, 0.6) is 0 Å². The molecule has 0 aliphatic rings. The van der Waals surface area contributed by atoms with Crippen LogP contribution in [0.3, 0.4) is 0 Å². The monoisotopic (exact) mass is 314 g/mol. The minimum Gasteiger partial charge on any atom is -0.293 e. The number of carbonyl (C=O) groups is 1. The summed E-state index contributed by atoms with van der Waals surface area (Å²) in [6.45, 7) is 0. The van der Waals surface area contributed by atoms with E-state index in [-0.39, 0.29) is 0 Å². The second-order valence-electron chi connectivity index (χ2n) is 4.24. The Hall–Kier alpha value is -2.15. The molecule has 0 fully saturated rings. The van der Waals surface area contributed by atoms with Crippen LogP contribution in [0.4, 0.5) is 13.2 Å². The molecule has 2 aromatic rings. The van der Waals surface area contributed by atoms with Crippen LogP contribution in [0, 0.1) is 17.5 Å². The number of Topliss-reactive ketones (excluding diaryl/α,β-unsaturated/α-hetero) is 1. The number of ketones is 1. The molecule has 0 heterocycles. The van der Waals surface area contributed by atoms with E-state index in [0.717, 1.165) is 24.3 Å². The lowest BCUT2D eigenvalue weighted by Gasteiger charge is -2.06. The average molecular weight is 314 g/mol. The Labute approximate surface area is 119 Å². The summed E-state index contributed by atoms with van der Waals surface area (Å²) in [5.41, 5.74) is -0.399. The Morgan fingerprint density at radius 2 is 1.62 bits per heavy atom. The maximum absolute atomic E-state index is 13.5. The van der Waals surface area contributed by atoms with Crippen LogP contribution < -0.4 is 0 Å². The molecular weight excluding hydrogens is 305 g/mol. The molecule has 0 radical (unpaired) electrons. The molecule has 0 unspecified atom stereocenters. The van der Waals surface area contributed by atoms with E-state index in [2.05, 4.69) is 0 Å². The van der Waals surface area contributed by atoms with E-state index in [4.69, 9.17) is 0 Å². The fraction of sp³-hybridized carbons (Fsp3) is 0.0714. The summed E-state index contributed by atoms with van der Waals surface area (Å²) in [5.74, 6) is -5.20. The van der Waals surface area contributed by atoms with Crippen LogP contribution in [0.2, 0.25) is 0 Å². The first-order chi connectivity index (χ1) is 9.81. The van der Waals surface area contributed by atoms with Gasteiger partial charge in [-0.25, -0.2) is 21.6 Å². The van der Waals surface area contributed by atoms with E-state index < -0.39 is 49.3 Å².